The molecule has 3 unspecified atom stereocenters. The topological polar surface area (TPSA) is 90.5 Å². The van der Waals surface area contributed by atoms with Crippen LogP contribution in [0, 0.1) is 40.4 Å². The first-order valence-corrected chi connectivity index (χ1v) is 18.8. The lowest BCUT2D eigenvalue weighted by molar-refractivity contribution is -0.181. The highest BCUT2D eigenvalue weighted by Crippen LogP contribution is 2.67. The average molecular weight is 602 g/mol. The maximum atomic E-state index is 12.5. The molecule has 4 aliphatic rings. The largest absolute Gasteiger partial charge is 0.393 e. The third-order valence-electron chi connectivity index (χ3n) is 13.2. The van der Waals surface area contributed by atoms with E-state index in [0.717, 1.165) is 69.6 Å². The van der Waals surface area contributed by atoms with Crippen molar-refractivity contribution in [2.24, 2.45) is 46.2 Å². The van der Waals surface area contributed by atoms with Gasteiger partial charge in [0.05, 0.1) is 17.7 Å². The normalized spacial score (nSPS) is 38.0. The van der Waals surface area contributed by atoms with E-state index in [4.69, 9.17) is 5.73 Å². The lowest BCUT2D eigenvalue weighted by Crippen LogP contribution is -2.68. The van der Waals surface area contributed by atoms with Gasteiger partial charge in [-0.15, -0.1) is 0 Å². The third kappa shape index (κ3) is 7.92. The summed E-state index contributed by atoms with van der Waals surface area (Å²) in [7, 11) is 0. The Morgan fingerprint density at radius 2 is 1.56 bits per heavy atom. The number of hydrogen-bond acceptors (Lipinski definition) is 5. The van der Waals surface area contributed by atoms with Crippen LogP contribution in [-0.2, 0) is 0 Å². The van der Waals surface area contributed by atoms with Crippen molar-refractivity contribution in [3.05, 3.63) is 11.6 Å². The van der Waals surface area contributed by atoms with Gasteiger partial charge < -0.3 is 26.6 Å². The quantitative estimate of drug-likeness (QED) is 0.0837. The summed E-state index contributed by atoms with van der Waals surface area (Å²) in [6.45, 7) is 16.1. The molecule has 0 aromatic rings. The maximum Gasteiger partial charge on any atom is 0.0919 e. The van der Waals surface area contributed by atoms with Crippen LogP contribution in [0.25, 0.3) is 0 Å². The predicted molar refractivity (Wildman–Crippen MR) is 182 cm³/mol. The van der Waals surface area contributed by atoms with Gasteiger partial charge in [-0.2, -0.15) is 0 Å². The molecule has 5 nitrogen and oxygen atoms in total. The van der Waals surface area contributed by atoms with E-state index >= 15 is 0 Å². The minimum absolute atomic E-state index is 0.0721. The van der Waals surface area contributed by atoms with Crippen molar-refractivity contribution in [2.75, 3.05) is 26.2 Å². The molecule has 6 N–H and O–H groups in total. The van der Waals surface area contributed by atoms with Crippen molar-refractivity contribution >= 4 is 0 Å². The maximum absolute atomic E-state index is 12.5. The summed E-state index contributed by atoms with van der Waals surface area (Å²) in [5.41, 5.74) is 6.61. The molecule has 0 radical (unpaired) electrons. The van der Waals surface area contributed by atoms with Crippen LogP contribution in [0.2, 0.25) is 0 Å². The second-order valence-corrected chi connectivity index (χ2v) is 16.5. The van der Waals surface area contributed by atoms with Gasteiger partial charge in [0.15, 0.2) is 0 Å². The minimum atomic E-state index is -0.883. The highest BCUT2D eigenvalue weighted by atomic mass is 16.3. The van der Waals surface area contributed by atoms with Crippen LogP contribution in [0.5, 0.6) is 0 Å². The minimum Gasteiger partial charge on any atom is -0.393 e. The van der Waals surface area contributed by atoms with Crippen molar-refractivity contribution < 1.29 is 10.2 Å². The van der Waals surface area contributed by atoms with E-state index in [2.05, 4.69) is 51.3 Å². The Balaban J connectivity index is 1.38. The zero-order valence-electron chi connectivity index (χ0n) is 28.9. The van der Waals surface area contributed by atoms with Crippen LogP contribution in [-0.4, -0.2) is 54.1 Å². The van der Waals surface area contributed by atoms with Gasteiger partial charge in [-0.1, -0.05) is 91.2 Å². The first-order valence-electron chi connectivity index (χ1n) is 18.8. The Morgan fingerprint density at radius 1 is 0.837 bits per heavy atom. The van der Waals surface area contributed by atoms with Crippen molar-refractivity contribution in [3.63, 3.8) is 0 Å². The van der Waals surface area contributed by atoms with Gasteiger partial charge in [0.1, 0.15) is 0 Å². The summed E-state index contributed by atoms with van der Waals surface area (Å²) in [6, 6.07) is -0.0721. The molecular formula is C38H71N3O2. The fourth-order valence-electron chi connectivity index (χ4n) is 10.5. The Bertz CT molecular complexity index is 877. The van der Waals surface area contributed by atoms with Crippen LogP contribution < -0.4 is 16.4 Å². The number of rotatable bonds is 18. The standard InChI is InChI=1S/C38H71N3O2/c1-28(2)14-12-15-29(3)32-16-17-33-31-26-35(41-25-13-24-40-23-11-9-7-6-8-10-22-39)38(43)27-30(42)18-21-37(38,5)34(31)19-20-36(32,33)4/h26,28-30,32-35,40-43H,6-25,27,39H2,1-5H3/t29?,30-,32+,33?,34?,35+,36+,37+,38-/m0/s1. The van der Waals surface area contributed by atoms with Crippen LogP contribution >= 0.6 is 0 Å². The van der Waals surface area contributed by atoms with E-state index in [9.17, 15) is 10.2 Å². The predicted octanol–water partition coefficient (Wildman–Crippen LogP) is 7.35. The lowest BCUT2D eigenvalue weighted by atomic mass is 9.45. The number of nitrogens with one attached hydrogen (secondary N) is 2. The Morgan fingerprint density at radius 3 is 2.30 bits per heavy atom. The molecule has 3 saturated carbocycles. The summed E-state index contributed by atoms with van der Waals surface area (Å²) in [4.78, 5) is 0. The number of allylic oxidation sites excluding steroid dienone is 1. The zero-order valence-corrected chi connectivity index (χ0v) is 28.9. The van der Waals surface area contributed by atoms with Crippen LogP contribution in [0.1, 0.15) is 144 Å². The van der Waals surface area contributed by atoms with E-state index in [0.29, 0.717) is 23.7 Å². The number of nitrogens with two attached hydrogens (primary N) is 1. The molecule has 4 rings (SSSR count). The molecular weight excluding hydrogens is 530 g/mol. The summed E-state index contributed by atoms with van der Waals surface area (Å²) < 4.78 is 0. The number of hydrogen-bond donors (Lipinski definition) is 5. The first-order chi connectivity index (χ1) is 20.6. The number of fused-ring (bicyclic) bond motifs is 5. The highest BCUT2D eigenvalue weighted by molar-refractivity contribution is 5.34. The lowest BCUT2D eigenvalue weighted by Gasteiger charge is -2.63. The summed E-state index contributed by atoms with van der Waals surface area (Å²) in [6.07, 6.45) is 22.3. The number of aliphatic hydroxyl groups excluding tert-OH is 1. The van der Waals surface area contributed by atoms with Crippen LogP contribution in [0.4, 0.5) is 0 Å². The van der Waals surface area contributed by atoms with E-state index in [-0.39, 0.29) is 11.5 Å². The second-order valence-electron chi connectivity index (χ2n) is 16.5. The molecule has 4 aliphatic carbocycles. The molecule has 250 valence electrons. The van der Waals surface area contributed by atoms with Gasteiger partial charge in [0, 0.05) is 11.8 Å². The molecule has 5 heteroatoms. The zero-order chi connectivity index (χ0) is 31.1. The molecule has 43 heavy (non-hydrogen) atoms. The molecule has 3 fully saturated rings. The van der Waals surface area contributed by atoms with Crippen molar-refractivity contribution in [1.82, 2.24) is 10.6 Å². The Labute approximate surface area is 266 Å². The summed E-state index contributed by atoms with van der Waals surface area (Å²) >= 11 is 0. The van der Waals surface area contributed by atoms with Crippen LogP contribution in [0.15, 0.2) is 11.6 Å². The van der Waals surface area contributed by atoms with Gasteiger partial charge in [0.2, 0.25) is 0 Å². The van der Waals surface area contributed by atoms with Gasteiger partial charge >= 0.3 is 0 Å². The van der Waals surface area contributed by atoms with E-state index in [1.54, 1.807) is 5.57 Å². The number of aliphatic hydroxyl groups is 2. The van der Waals surface area contributed by atoms with Crippen molar-refractivity contribution in [3.8, 4) is 0 Å². The van der Waals surface area contributed by atoms with E-state index < -0.39 is 11.7 Å². The number of unbranched alkanes of at least 4 members (excludes halogenated alkanes) is 5. The highest BCUT2D eigenvalue weighted by Gasteiger charge is 2.64. The Hall–Kier alpha value is -0.460. The van der Waals surface area contributed by atoms with Crippen molar-refractivity contribution in [1.29, 1.82) is 0 Å². The van der Waals surface area contributed by atoms with Gasteiger partial charge in [-0.3, -0.25) is 0 Å². The molecule has 0 aromatic carbocycles. The SMILES string of the molecule is CC(C)CCCC(C)[C@H]1CCC2C3=C[C@@H](NCCCNCCCCCCCCN)[C@@]4(O)C[C@@H](O)CC[C@]4(C)C3CC[C@@]21C. The fourth-order valence-corrected chi connectivity index (χ4v) is 10.5. The molecule has 0 bridgehead atoms. The molecule has 0 saturated heterocycles. The second kappa shape index (κ2) is 15.9. The van der Waals surface area contributed by atoms with Gasteiger partial charge in [0.25, 0.3) is 0 Å². The van der Waals surface area contributed by atoms with Crippen molar-refractivity contribution in [2.45, 2.75) is 162 Å². The first kappa shape index (κ1) is 35.4. The molecule has 0 spiro atoms. The smallest absolute Gasteiger partial charge is 0.0919 e. The Kier molecular flexibility index (Phi) is 13.1. The van der Waals surface area contributed by atoms with E-state index in [1.165, 1.54) is 77.0 Å². The third-order valence-corrected chi connectivity index (χ3v) is 13.2. The van der Waals surface area contributed by atoms with Crippen LogP contribution in [0.3, 0.4) is 0 Å². The molecule has 9 atom stereocenters. The summed E-state index contributed by atoms with van der Waals surface area (Å²) in [5.74, 6) is 3.52. The fraction of sp³-hybridized carbons (Fsp3) is 0.947. The molecule has 0 amide bonds. The monoisotopic (exact) mass is 602 g/mol. The summed E-state index contributed by atoms with van der Waals surface area (Å²) in [5, 5.41) is 30.8. The van der Waals surface area contributed by atoms with Gasteiger partial charge in [-0.25, -0.2) is 0 Å². The molecule has 0 aromatic heterocycles. The average Bonchev–Trinajstić information content (AvgIpc) is 3.32. The molecule has 0 aliphatic heterocycles. The molecule has 0 heterocycles. The van der Waals surface area contributed by atoms with Gasteiger partial charge in [-0.05, 0) is 119 Å². The van der Waals surface area contributed by atoms with E-state index in [1.807, 2.05) is 0 Å².